The van der Waals surface area contributed by atoms with Crippen molar-refractivity contribution in [3.63, 3.8) is 0 Å². The third kappa shape index (κ3) is 4.31. The first-order valence-corrected chi connectivity index (χ1v) is 5.32. The number of halogens is 1. The van der Waals surface area contributed by atoms with Crippen molar-refractivity contribution < 1.29 is 9.59 Å². The second kappa shape index (κ2) is 6.85. The lowest BCUT2D eigenvalue weighted by Gasteiger charge is -2.04. The van der Waals surface area contributed by atoms with Gasteiger partial charge in [0.1, 0.15) is 0 Å². The normalized spacial score (nSPS) is 9.56. The van der Waals surface area contributed by atoms with E-state index >= 15 is 0 Å². The van der Waals surface area contributed by atoms with Crippen molar-refractivity contribution in [2.24, 2.45) is 0 Å². The van der Waals surface area contributed by atoms with E-state index in [2.05, 4.69) is 10.6 Å². The van der Waals surface area contributed by atoms with E-state index in [9.17, 15) is 9.59 Å². The minimum Gasteiger partial charge on any atom is -0.359 e. The Morgan fingerprint density at radius 2 is 2.19 bits per heavy atom. The zero-order valence-electron chi connectivity index (χ0n) is 8.70. The SMILES string of the molecule is O=CNCCCNC(=O)c1cccc(Cl)c1. The molecule has 0 aromatic heterocycles. The first kappa shape index (κ1) is 12.5. The van der Waals surface area contributed by atoms with Crippen LogP contribution < -0.4 is 10.6 Å². The predicted octanol–water partition coefficient (Wildman–Crippen LogP) is 1.21. The molecule has 2 N–H and O–H groups in total. The molecule has 0 aliphatic carbocycles. The van der Waals surface area contributed by atoms with Crippen LogP contribution in [-0.4, -0.2) is 25.4 Å². The molecule has 0 fully saturated rings. The molecule has 4 nitrogen and oxygen atoms in total. The number of carbonyl (C=O) groups excluding carboxylic acids is 2. The second-order valence-electron chi connectivity index (χ2n) is 3.19. The number of hydrogen-bond donors (Lipinski definition) is 2. The van der Waals surface area contributed by atoms with Crippen molar-refractivity contribution in [1.82, 2.24) is 10.6 Å². The molecule has 0 saturated carbocycles. The van der Waals surface area contributed by atoms with Crippen LogP contribution in [0.4, 0.5) is 0 Å². The summed E-state index contributed by atoms with van der Waals surface area (Å²) in [7, 11) is 0. The van der Waals surface area contributed by atoms with Crippen LogP contribution in [-0.2, 0) is 4.79 Å². The fourth-order valence-electron chi connectivity index (χ4n) is 1.18. The minimum absolute atomic E-state index is 0.159. The molecule has 16 heavy (non-hydrogen) atoms. The van der Waals surface area contributed by atoms with Gasteiger partial charge in [0, 0.05) is 23.7 Å². The Labute approximate surface area is 99.0 Å². The van der Waals surface area contributed by atoms with E-state index in [1.54, 1.807) is 24.3 Å². The van der Waals surface area contributed by atoms with Gasteiger partial charge < -0.3 is 10.6 Å². The largest absolute Gasteiger partial charge is 0.359 e. The van der Waals surface area contributed by atoms with Gasteiger partial charge in [0.15, 0.2) is 0 Å². The van der Waals surface area contributed by atoms with E-state index in [0.29, 0.717) is 36.5 Å². The number of amides is 2. The summed E-state index contributed by atoms with van der Waals surface area (Å²) in [5, 5.41) is 5.79. The molecule has 1 aromatic rings. The Morgan fingerprint density at radius 1 is 1.38 bits per heavy atom. The Kier molecular flexibility index (Phi) is 5.36. The molecule has 5 heteroatoms. The summed E-state index contributed by atoms with van der Waals surface area (Å²) in [4.78, 5) is 21.5. The van der Waals surface area contributed by atoms with E-state index in [1.807, 2.05) is 0 Å². The number of carbonyl (C=O) groups is 2. The zero-order valence-corrected chi connectivity index (χ0v) is 9.46. The molecule has 0 saturated heterocycles. The number of nitrogens with one attached hydrogen (secondary N) is 2. The maximum atomic E-state index is 11.6. The summed E-state index contributed by atoms with van der Waals surface area (Å²) in [5.74, 6) is -0.159. The van der Waals surface area contributed by atoms with Gasteiger partial charge in [-0.2, -0.15) is 0 Å². The highest BCUT2D eigenvalue weighted by molar-refractivity contribution is 6.30. The van der Waals surface area contributed by atoms with Crippen molar-refractivity contribution >= 4 is 23.9 Å². The highest BCUT2D eigenvalue weighted by atomic mass is 35.5. The van der Waals surface area contributed by atoms with Crippen LogP contribution in [0.5, 0.6) is 0 Å². The quantitative estimate of drug-likeness (QED) is 0.580. The molecule has 0 radical (unpaired) electrons. The maximum absolute atomic E-state index is 11.6. The Bertz CT molecular complexity index is 369. The van der Waals surface area contributed by atoms with Crippen molar-refractivity contribution in [1.29, 1.82) is 0 Å². The van der Waals surface area contributed by atoms with Gasteiger partial charge in [0.25, 0.3) is 5.91 Å². The van der Waals surface area contributed by atoms with Crippen LogP contribution in [0.25, 0.3) is 0 Å². The van der Waals surface area contributed by atoms with Crippen LogP contribution in [0.3, 0.4) is 0 Å². The summed E-state index contributed by atoms with van der Waals surface area (Å²) in [5.41, 5.74) is 0.538. The average molecular weight is 241 g/mol. The van der Waals surface area contributed by atoms with Crippen molar-refractivity contribution in [3.05, 3.63) is 34.9 Å². The number of hydrogen-bond acceptors (Lipinski definition) is 2. The predicted molar refractivity (Wildman–Crippen MR) is 62.5 cm³/mol. The molecule has 1 aromatic carbocycles. The van der Waals surface area contributed by atoms with Gasteiger partial charge in [-0.3, -0.25) is 9.59 Å². The zero-order chi connectivity index (χ0) is 11.8. The molecule has 86 valence electrons. The molecule has 0 atom stereocenters. The fourth-order valence-corrected chi connectivity index (χ4v) is 1.37. The molecule has 0 spiro atoms. The van der Waals surface area contributed by atoms with E-state index in [0.717, 1.165) is 0 Å². The van der Waals surface area contributed by atoms with E-state index in [-0.39, 0.29) is 5.91 Å². The van der Waals surface area contributed by atoms with Crippen LogP contribution >= 0.6 is 11.6 Å². The van der Waals surface area contributed by atoms with E-state index in [4.69, 9.17) is 11.6 Å². The monoisotopic (exact) mass is 240 g/mol. The molecule has 1 rings (SSSR count). The maximum Gasteiger partial charge on any atom is 0.251 e. The number of benzene rings is 1. The molecule has 0 heterocycles. The average Bonchev–Trinajstić information content (AvgIpc) is 2.28. The summed E-state index contributed by atoms with van der Waals surface area (Å²) in [6.07, 6.45) is 1.34. The molecule has 0 aliphatic rings. The molecule has 0 unspecified atom stereocenters. The molecule has 0 aliphatic heterocycles. The van der Waals surface area contributed by atoms with Gasteiger partial charge >= 0.3 is 0 Å². The summed E-state index contributed by atoms with van der Waals surface area (Å²) >= 11 is 5.76. The summed E-state index contributed by atoms with van der Waals surface area (Å²) < 4.78 is 0. The topological polar surface area (TPSA) is 58.2 Å². The Morgan fingerprint density at radius 3 is 2.88 bits per heavy atom. The number of rotatable bonds is 6. The molecule has 2 amide bonds. The molecular formula is C11H13ClN2O2. The standard InChI is InChI=1S/C11H13ClN2O2/c12-10-4-1-3-9(7-10)11(16)14-6-2-5-13-8-15/h1,3-4,7-8H,2,5-6H2,(H,13,15)(H,14,16). The smallest absolute Gasteiger partial charge is 0.251 e. The van der Waals surface area contributed by atoms with Gasteiger partial charge in [-0.15, -0.1) is 0 Å². The third-order valence-corrected chi connectivity index (χ3v) is 2.19. The Hall–Kier alpha value is -1.55. The first-order valence-electron chi connectivity index (χ1n) is 4.95. The van der Waals surface area contributed by atoms with Crippen LogP contribution in [0.1, 0.15) is 16.8 Å². The van der Waals surface area contributed by atoms with Crippen LogP contribution in [0.2, 0.25) is 5.02 Å². The van der Waals surface area contributed by atoms with Gasteiger partial charge in [-0.1, -0.05) is 17.7 Å². The Balaban J connectivity index is 2.32. The minimum atomic E-state index is -0.159. The van der Waals surface area contributed by atoms with Crippen molar-refractivity contribution in [3.8, 4) is 0 Å². The summed E-state index contributed by atoms with van der Waals surface area (Å²) in [6, 6.07) is 6.75. The lowest BCUT2D eigenvalue weighted by Crippen LogP contribution is -2.27. The van der Waals surface area contributed by atoms with E-state index in [1.165, 1.54) is 0 Å². The second-order valence-corrected chi connectivity index (χ2v) is 3.63. The van der Waals surface area contributed by atoms with Gasteiger partial charge in [-0.05, 0) is 24.6 Å². The fraction of sp³-hybridized carbons (Fsp3) is 0.273. The van der Waals surface area contributed by atoms with Crippen LogP contribution in [0.15, 0.2) is 24.3 Å². The molecule has 0 bridgehead atoms. The van der Waals surface area contributed by atoms with Crippen LogP contribution in [0, 0.1) is 0 Å². The van der Waals surface area contributed by atoms with Gasteiger partial charge in [-0.25, -0.2) is 0 Å². The lowest BCUT2D eigenvalue weighted by atomic mass is 10.2. The highest BCUT2D eigenvalue weighted by Crippen LogP contribution is 2.10. The van der Waals surface area contributed by atoms with Gasteiger partial charge in [0.05, 0.1) is 0 Å². The molecular weight excluding hydrogens is 228 g/mol. The first-order chi connectivity index (χ1) is 7.74. The van der Waals surface area contributed by atoms with Crippen molar-refractivity contribution in [2.45, 2.75) is 6.42 Å². The lowest BCUT2D eigenvalue weighted by molar-refractivity contribution is -0.109. The van der Waals surface area contributed by atoms with E-state index < -0.39 is 0 Å². The van der Waals surface area contributed by atoms with Gasteiger partial charge in [0.2, 0.25) is 6.41 Å². The highest BCUT2D eigenvalue weighted by Gasteiger charge is 2.04. The summed E-state index contributed by atoms with van der Waals surface area (Å²) in [6.45, 7) is 1.07. The third-order valence-electron chi connectivity index (χ3n) is 1.95. The van der Waals surface area contributed by atoms with Crippen molar-refractivity contribution in [2.75, 3.05) is 13.1 Å².